The van der Waals surface area contributed by atoms with Gasteiger partial charge in [0.15, 0.2) is 11.6 Å². The molecule has 4 nitrogen and oxygen atoms in total. The van der Waals surface area contributed by atoms with Crippen LogP contribution in [0.4, 0.5) is 4.39 Å². The summed E-state index contributed by atoms with van der Waals surface area (Å²) in [5, 5.41) is 4.58. The van der Waals surface area contributed by atoms with Crippen molar-refractivity contribution in [1.82, 2.24) is 19.7 Å². The highest BCUT2D eigenvalue weighted by Gasteiger charge is 2.15. The van der Waals surface area contributed by atoms with E-state index in [1.807, 2.05) is 23.0 Å². The lowest BCUT2D eigenvalue weighted by Crippen LogP contribution is -2.05. The van der Waals surface area contributed by atoms with E-state index in [9.17, 15) is 4.39 Å². The molecule has 0 aliphatic carbocycles. The highest BCUT2D eigenvalue weighted by atomic mass is 19.1. The van der Waals surface area contributed by atoms with Gasteiger partial charge in [0.25, 0.3) is 0 Å². The molecule has 1 aromatic carbocycles. The second-order valence-corrected chi connectivity index (χ2v) is 5.32. The van der Waals surface area contributed by atoms with Crippen molar-refractivity contribution in [2.75, 3.05) is 0 Å². The summed E-state index contributed by atoms with van der Waals surface area (Å²) in [6.45, 7) is 4.69. The average molecular weight is 284 g/mol. The molecular weight excluding hydrogens is 267 g/mol. The van der Waals surface area contributed by atoms with E-state index in [2.05, 4.69) is 28.9 Å². The summed E-state index contributed by atoms with van der Waals surface area (Å²) in [7, 11) is 0. The van der Waals surface area contributed by atoms with Gasteiger partial charge in [0, 0.05) is 12.1 Å². The molecule has 0 aliphatic heterocycles. The van der Waals surface area contributed by atoms with Crippen molar-refractivity contribution < 1.29 is 4.39 Å². The van der Waals surface area contributed by atoms with Crippen molar-refractivity contribution in [3.8, 4) is 11.5 Å². The van der Waals surface area contributed by atoms with E-state index in [4.69, 9.17) is 0 Å². The largest absolute Gasteiger partial charge is 0.359 e. The lowest BCUT2D eigenvalue weighted by molar-refractivity contribution is 0.623. The molecule has 0 spiro atoms. The van der Waals surface area contributed by atoms with Gasteiger partial charge in [-0.15, -0.1) is 0 Å². The van der Waals surface area contributed by atoms with Gasteiger partial charge in [0.1, 0.15) is 5.82 Å². The number of H-pyrrole nitrogens is 1. The van der Waals surface area contributed by atoms with Gasteiger partial charge in [0.05, 0.1) is 12.2 Å². The smallest absolute Gasteiger partial charge is 0.175 e. The zero-order valence-corrected chi connectivity index (χ0v) is 12.0. The van der Waals surface area contributed by atoms with E-state index >= 15 is 0 Å². The number of aromatic nitrogens is 4. The second-order valence-electron chi connectivity index (χ2n) is 5.32. The van der Waals surface area contributed by atoms with Crippen LogP contribution in [0.5, 0.6) is 0 Å². The Kier molecular flexibility index (Phi) is 3.56. The maximum absolute atomic E-state index is 13.0. The number of nitrogens with one attached hydrogen (secondary N) is 1. The summed E-state index contributed by atoms with van der Waals surface area (Å²) in [5.41, 5.74) is 1.92. The Balaban J connectivity index is 1.98. The molecule has 0 radical (unpaired) electrons. The van der Waals surface area contributed by atoms with Crippen LogP contribution in [0.1, 0.15) is 31.2 Å². The molecule has 0 aliphatic rings. The van der Waals surface area contributed by atoms with Gasteiger partial charge < -0.3 is 4.98 Å². The standard InChI is InChI=1S/C16H17FN4/c1-11(2)15-19-16(14-4-3-9-18-14)21(20-15)10-12-5-7-13(17)8-6-12/h3-9,11,18H,10H2,1-2H3. The number of halogens is 1. The first-order valence-electron chi connectivity index (χ1n) is 6.96. The SMILES string of the molecule is CC(C)c1nc(-c2ccc[nH]2)n(Cc2ccc(F)cc2)n1. The topological polar surface area (TPSA) is 46.5 Å². The molecule has 0 amide bonds. The van der Waals surface area contributed by atoms with Crippen molar-refractivity contribution in [1.29, 1.82) is 0 Å². The molecule has 0 unspecified atom stereocenters. The molecule has 2 aromatic heterocycles. The van der Waals surface area contributed by atoms with Gasteiger partial charge in [-0.3, -0.25) is 0 Å². The van der Waals surface area contributed by atoms with Crippen LogP contribution in [-0.2, 0) is 6.54 Å². The maximum atomic E-state index is 13.0. The molecule has 2 heterocycles. The highest BCUT2D eigenvalue weighted by molar-refractivity contribution is 5.49. The van der Waals surface area contributed by atoms with Crippen molar-refractivity contribution in [2.45, 2.75) is 26.3 Å². The summed E-state index contributed by atoms with van der Waals surface area (Å²) in [6, 6.07) is 10.4. The van der Waals surface area contributed by atoms with E-state index in [-0.39, 0.29) is 11.7 Å². The molecule has 108 valence electrons. The van der Waals surface area contributed by atoms with Crippen LogP contribution in [0.15, 0.2) is 42.6 Å². The van der Waals surface area contributed by atoms with Crippen molar-refractivity contribution in [3.05, 3.63) is 59.8 Å². The summed E-state index contributed by atoms with van der Waals surface area (Å²) in [6.07, 6.45) is 1.86. The Morgan fingerprint density at radius 1 is 1.19 bits per heavy atom. The van der Waals surface area contributed by atoms with Gasteiger partial charge in [-0.25, -0.2) is 14.1 Å². The van der Waals surface area contributed by atoms with E-state index in [0.717, 1.165) is 22.9 Å². The van der Waals surface area contributed by atoms with Crippen LogP contribution >= 0.6 is 0 Å². The highest BCUT2D eigenvalue weighted by Crippen LogP contribution is 2.20. The van der Waals surface area contributed by atoms with Crippen LogP contribution in [0.25, 0.3) is 11.5 Å². The van der Waals surface area contributed by atoms with Crippen LogP contribution in [-0.4, -0.2) is 19.7 Å². The lowest BCUT2D eigenvalue weighted by Gasteiger charge is -2.05. The van der Waals surface area contributed by atoms with Crippen molar-refractivity contribution >= 4 is 0 Å². The molecule has 21 heavy (non-hydrogen) atoms. The van der Waals surface area contributed by atoms with Crippen LogP contribution in [0, 0.1) is 5.82 Å². The van der Waals surface area contributed by atoms with Crippen LogP contribution in [0.3, 0.4) is 0 Å². The molecule has 5 heteroatoms. The van der Waals surface area contributed by atoms with Crippen molar-refractivity contribution in [3.63, 3.8) is 0 Å². The third-order valence-corrected chi connectivity index (χ3v) is 3.29. The number of hydrogen-bond donors (Lipinski definition) is 1. The van der Waals surface area contributed by atoms with Crippen LogP contribution in [0.2, 0.25) is 0 Å². The minimum absolute atomic E-state index is 0.232. The normalized spacial score (nSPS) is 11.2. The van der Waals surface area contributed by atoms with E-state index < -0.39 is 0 Å². The molecule has 0 saturated heterocycles. The molecule has 1 N–H and O–H groups in total. The van der Waals surface area contributed by atoms with Crippen molar-refractivity contribution in [2.24, 2.45) is 0 Å². The molecular formula is C16H17FN4. The Hall–Kier alpha value is -2.43. The summed E-state index contributed by atoms with van der Waals surface area (Å²) < 4.78 is 14.9. The predicted octanol–water partition coefficient (Wildman–Crippen LogP) is 3.58. The Bertz CT molecular complexity index is 711. The molecule has 0 fully saturated rings. The molecule has 0 saturated carbocycles. The summed E-state index contributed by atoms with van der Waals surface area (Å²) in [4.78, 5) is 7.77. The quantitative estimate of drug-likeness (QED) is 0.796. The minimum Gasteiger partial charge on any atom is -0.359 e. The summed E-state index contributed by atoms with van der Waals surface area (Å²) >= 11 is 0. The number of aromatic amines is 1. The first kappa shape index (κ1) is 13.5. The first-order valence-corrected chi connectivity index (χ1v) is 6.96. The Labute approximate surface area is 122 Å². The molecule has 3 aromatic rings. The van der Waals surface area contributed by atoms with E-state index in [0.29, 0.717) is 6.54 Å². The fraction of sp³-hybridized carbons (Fsp3) is 0.250. The van der Waals surface area contributed by atoms with Gasteiger partial charge in [-0.2, -0.15) is 5.10 Å². The number of benzene rings is 1. The summed E-state index contributed by atoms with van der Waals surface area (Å²) in [5.74, 6) is 1.63. The zero-order chi connectivity index (χ0) is 14.8. The number of rotatable bonds is 4. The van der Waals surface area contributed by atoms with Gasteiger partial charge in [0.2, 0.25) is 0 Å². The molecule has 0 bridgehead atoms. The molecule has 0 atom stereocenters. The zero-order valence-electron chi connectivity index (χ0n) is 12.0. The van der Waals surface area contributed by atoms with Crippen LogP contribution < -0.4 is 0 Å². The fourth-order valence-corrected chi connectivity index (χ4v) is 2.15. The van der Waals surface area contributed by atoms with Gasteiger partial charge in [-0.05, 0) is 29.8 Å². The Morgan fingerprint density at radius 2 is 1.95 bits per heavy atom. The fourth-order valence-electron chi connectivity index (χ4n) is 2.15. The van der Waals surface area contributed by atoms with E-state index in [1.54, 1.807) is 12.1 Å². The van der Waals surface area contributed by atoms with E-state index in [1.165, 1.54) is 12.1 Å². The third-order valence-electron chi connectivity index (χ3n) is 3.29. The number of hydrogen-bond acceptors (Lipinski definition) is 2. The lowest BCUT2D eigenvalue weighted by atomic mass is 10.2. The monoisotopic (exact) mass is 284 g/mol. The van der Waals surface area contributed by atoms with Gasteiger partial charge in [-0.1, -0.05) is 26.0 Å². The maximum Gasteiger partial charge on any atom is 0.175 e. The Morgan fingerprint density at radius 3 is 2.57 bits per heavy atom. The van der Waals surface area contributed by atoms with Gasteiger partial charge >= 0.3 is 0 Å². The minimum atomic E-state index is -0.232. The first-order chi connectivity index (χ1) is 10.1. The second kappa shape index (κ2) is 5.52. The third kappa shape index (κ3) is 2.86. The molecule has 3 rings (SSSR count). The number of nitrogens with zero attached hydrogens (tertiary/aromatic N) is 3. The average Bonchev–Trinajstić information content (AvgIpc) is 3.10. The predicted molar refractivity (Wildman–Crippen MR) is 79.4 cm³/mol.